The number of urea groups is 1. The highest BCUT2D eigenvalue weighted by atomic mass is 16.6. The van der Waals surface area contributed by atoms with Crippen LogP contribution >= 0.6 is 0 Å². The number of benzene rings is 6. The van der Waals surface area contributed by atoms with Gasteiger partial charge in [0.2, 0.25) is 29.5 Å². The fourth-order valence-corrected chi connectivity index (χ4v) is 15.2. The van der Waals surface area contributed by atoms with Gasteiger partial charge in [0.1, 0.15) is 44.6 Å². The van der Waals surface area contributed by atoms with Crippen molar-refractivity contribution in [2.75, 3.05) is 114 Å². The molecule has 5 aliphatic rings. The number of hydrogen-bond acceptors (Lipinski definition) is 25. The highest BCUT2D eigenvalue weighted by molar-refractivity contribution is 6.08. The molecule has 37 heteroatoms. The van der Waals surface area contributed by atoms with Crippen molar-refractivity contribution in [1.29, 1.82) is 0 Å². The van der Waals surface area contributed by atoms with Gasteiger partial charge in [0, 0.05) is 69.0 Å². The first kappa shape index (κ1) is 92.6. The zero-order valence-electron chi connectivity index (χ0n) is 70.6. The molecule has 2 saturated heterocycles. The van der Waals surface area contributed by atoms with E-state index < -0.39 is 133 Å². The van der Waals surface area contributed by atoms with Gasteiger partial charge in [-0.15, -0.1) is 0 Å². The Morgan fingerprint density at radius 1 is 0.568 bits per heavy atom. The number of rotatable bonds is 39. The summed E-state index contributed by atoms with van der Waals surface area (Å²) in [5.41, 5.74) is 17.3. The van der Waals surface area contributed by atoms with Crippen molar-refractivity contribution in [3.05, 3.63) is 167 Å². The largest absolute Gasteiger partial charge is 0.493 e. The van der Waals surface area contributed by atoms with Crippen molar-refractivity contribution in [3.8, 4) is 34.1 Å². The molecule has 0 saturated carbocycles. The number of anilines is 4. The minimum atomic E-state index is -1.68. The molecule has 0 bridgehead atoms. The summed E-state index contributed by atoms with van der Waals surface area (Å²) in [6.07, 6.45) is -6.19. The third-order valence-corrected chi connectivity index (χ3v) is 21.8. The van der Waals surface area contributed by atoms with Crippen molar-refractivity contribution in [2.24, 2.45) is 23.3 Å². The SMILES string of the molecule is C=C1CC2[C@H](O)N(C(=O)OCc3ccc(NC(=O)[C@H](CCCNC(N)=O)NC(=O)CNC(=O)[C@H](CCC(=O)OCC4c5ccccc5-c5ccccc54)NC(=O)OCCOCCOC)cc3)c3cc(OCCCOc4cc5c(cc4OC)C(=O)N4CC(C)C[C@H]4[C@H](O)N5C(=O)OCc4ccc(NC(=O)[C@H](C)NC(=O)[C@@H](N)C(C)C)cc4)c(OC)cc3C(=O)N2C1. The summed E-state index contributed by atoms with van der Waals surface area (Å²) in [5, 5.41) is 42.3. The average Bonchev–Trinajstić information content (AvgIpc) is 1.62. The molecule has 6 aromatic rings. The van der Waals surface area contributed by atoms with Gasteiger partial charge < -0.3 is 116 Å². The molecule has 6 aromatic carbocycles. The Bertz CT molecular complexity index is 4890. The lowest BCUT2D eigenvalue weighted by atomic mass is 9.98. The van der Waals surface area contributed by atoms with E-state index in [2.05, 4.69) is 43.8 Å². The molecule has 12 amide bonds. The van der Waals surface area contributed by atoms with Gasteiger partial charge in [-0.2, -0.15) is 0 Å². The van der Waals surface area contributed by atoms with Crippen LogP contribution in [0.25, 0.3) is 11.1 Å². The van der Waals surface area contributed by atoms with Crippen molar-refractivity contribution in [2.45, 2.75) is 140 Å². The number of nitrogens with one attached hydrogen (secondary N) is 7. The highest BCUT2D eigenvalue weighted by Crippen LogP contribution is 2.47. The van der Waals surface area contributed by atoms with Crippen LogP contribution in [0.3, 0.4) is 0 Å². The number of ether oxygens (including phenoxy) is 10. The van der Waals surface area contributed by atoms with Crippen molar-refractivity contribution < 1.29 is 115 Å². The Hall–Kier alpha value is -13.1. The maximum absolute atomic E-state index is 14.6. The van der Waals surface area contributed by atoms with Gasteiger partial charge in [0.15, 0.2) is 35.5 Å². The number of nitrogens with two attached hydrogens (primary N) is 2. The Labute approximate surface area is 721 Å². The van der Waals surface area contributed by atoms with Crippen LogP contribution in [0.5, 0.6) is 23.0 Å². The van der Waals surface area contributed by atoms with Crippen LogP contribution in [0.4, 0.5) is 41.9 Å². The van der Waals surface area contributed by atoms with Crippen LogP contribution in [0.1, 0.15) is 122 Å². The van der Waals surface area contributed by atoms with E-state index in [0.29, 0.717) is 42.0 Å². The Morgan fingerprint density at radius 3 is 1.67 bits per heavy atom. The van der Waals surface area contributed by atoms with Crippen LogP contribution < -0.4 is 77.4 Å². The second kappa shape index (κ2) is 43.3. The molecule has 2 unspecified atom stereocenters. The number of nitrogens with zero attached hydrogens (tertiary/aromatic N) is 4. The number of methoxy groups -OCH3 is 3. The fraction of sp³-hybridized carbons (Fsp3) is 0.432. The molecule has 0 spiro atoms. The number of carbonyl (C=O) groups excluding carboxylic acids is 12. The Morgan fingerprint density at radius 2 is 1.11 bits per heavy atom. The molecule has 668 valence electrons. The van der Waals surface area contributed by atoms with E-state index in [4.69, 9.17) is 58.8 Å². The fourth-order valence-electron chi connectivity index (χ4n) is 15.2. The van der Waals surface area contributed by atoms with Crippen LogP contribution in [-0.4, -0.2) is 234 Å². The van der Waals surface area contributed by atoms with Gasteiger partial charge in [-0.25, -0.2) is 29.0 Å². The third-order valence-electron chi connectivity index (χ3n) is 21.8. The van der Waals surface area contributed by atoms with Crippen LogP contribution in [0, 0.1) is 11.8 Å². The first-order chi connectivity index (χ1) is 60.0. The smallest absolute Gasteiger partial charge is 0.416 e. The minimum absolute atomic E-state index is 0.00860. The molecule has 37 nitrogen and oxygen atoms in total. The molecule has 4 heterocycles. The van der Waals surface area contributed by atoms with E-state index in [1.54, 1.807) is 38.1 Å². The minimum Gasteiger partial charge on any atom is -0.493 e. The maximum Gasteiger partial charge on any atom is 0.416 e. The third kappa shape index (κ3) is 23.4. The number of aliphatic hydroxyl groups excluding tert-OH is 2. The molecule has 13 N–H and O–H groups in total. The van der Waals surface area contributed by atoms with Crippen LogP contribution in [0.15, 0.2) is 133 Å². The Kier molecular flexibility index (Phi) is 32.1. The number of amides is 12. The van der Waals surface area contributed by atoms with Gasteiger partial charge in [0.05, 0.1) is 94.4 Å². The van der Waals surface area contributed by atoms with E-state index in [9.17, 15) is 67.7 Å². The van der Waals surface area contributed by atoms with Crippen LogP contribution in [-0.2, 0) is 70.4 Å². The number of carbonyl (C=O) groups is 12. The molecule has 11 rings (SSSR count). The predicted molar refractivity (Wildman–Crippen MR) is 453 cm³/mol. The quantitative estimate of drug-likeness (QED) is 0.00856. The average molecular weight is 1730 g/mol. The number of primary amides is 1. The molecule has 125 heavy (non-hydrogen) atoms. The number of hydrogen-bond donors (Lipinski definition) is 11. The first-order valence-electron chi connectivity index (χ1n) is 41.1. The van der Waals surface area contributed by atoms with E-state index >= 15 is 0 Å². The lowest BCUT2D eigenvalue weighted by Crippen LogP contribution is -2.51. The zero-order valence-corrected chi connectivity index (χ0v) is 70.6. The van der Waals surface area contributed by atoms with Gasteiger partial charge in [-0.1, -0.05) is 106 Å². The monoisotopic (exact) mass is 1730 g/mol. The summed E-state index contributed by atoms with van der Waals surface area (Å²) >= 11 is 0. The van der Waals surface area contributed by atoms with E-state index in [1.807, 2.05) is 55.5 Å². The molecule has 9 atom stereocenters. The summed E-state index contributed by atoms with van der Waals surface area (Å²) in [6.45, 7) is 10.3. The van der Waals surface area contributed by atoms with Crippen molar-refractivity contribution >= 4 is 94.4 Å². The molecule has 2 fully saturated rings. The van der Waals surface area contributed by atoms with Crippen molar-refractivity contribution in [1.82, 2.24) is 36.4 Å². The molecule has 1 aliphatic carbocycles. The van der Waals surface area contributed by atoms with E-state index in [-0.39, 0.29) is 167 Å². The summed E-state index contributed by atoms with van der Waals surface area (Å²) in [5.74, 6) is -5.15. The van der Waals surface area contributed by atoms with Gasteiger partial charge in [-0.05, 0) is 121 Å². The number of aliphatic hydroxyl groups is 2. The summed E-state index contributed by atoms with van der Waals surface area (Å²) < 4.78 is 57.1. The summed E-state index contributed by atoms with van der Waals surface area (Å²) in [7, 11) is 4.23. The predicted octanol–water partition coefficient (Wildman–Crippen LogP) is 6.43. The Balaban J connectivity index is 0.711. The molecular formula is C88H107N13O24. The number of alkyl carbamates (subject to hydrolysis) is 1. The number of esters is 1. The van der Waals surface area contributed by atoms with Crippen molar-refractivity contribution in [3.63, 3.8) is 0 Å². The summed E-state index contributed by atoms with van der Waals surface area (Å²) in [4.78, 5) is 168. The standard InChI is InChI=1S/C88H107N13O24/c1-49(2)76(89)80(107)93-52(5)77(104)94-55-24-20-53(21-25-55)46-124-87(114)100-66-41-72(70(117-7)39-61(66)81(108)98-44-50(3)37-68(98)83(100)110)120-31-14-32-121-73-42-67-62(40-71(73)118-8)82(109)99-45-51(4)38-69(99)84(111)101(67)88(115)125-47-54-22-26-56(27-23-54)95-79(106)64(19-13-30-91-85(90)112)96-74(102)43-92-78(105)65(97-86(113)122-36-35-119-34-33-116-6)28-29-75(103)123-48-63-59-17-11-9-15-57(59)58-16-10-12-18-60(58)63/h9-12,15-18,20-27,39-42,49-50,52,63-65,68-69,76,83-84,110-111H,4,13-14,19,28-38,43-48,89H2,1-3,5-8H3,(H,92,105)(H,93,107)(H,94,104)(H,95,106)(H,96,102)(H,97,113)(H3,90,91,112)/t50?,52-,64-,65-,68-,69?,76-,83-,84-/m0/s1. The molecule has 0 aromatic heterocycles. The van der Waals surface area contributed by atoms with Gasteiger partial charge >= 0.3 is 30.3 Å². The maximum atomic E-state index is 14.6. The molecule has 0 radical (unpaired) electrons. The van der Waals surface area contributed by atoms with E-state index in [1.165, 1.54) is 86.6 Å². The second-order valence-electron chi connectivity index (χ2n) is 31.1. The van der Waals surface area contributed by atoms with Gasteiger partial charge in [0.25, 0.3) is 11.8 Å². The lowest BCUT2D eigenvalue weighted by Gasteiger charge is -2.31. The first-order valence-corrected chi connectivity index (χ1v) is 41.1. The highest BCUT2D eigenvalue weighted by Gasteiger charge is 2.49. The normalized spacial score (nSPS) is 17.7. The topological polar surface area (TPSA) is 487 Å². The summed E-state index contributed by atoms with van der Waals surface area (Å²) in [6, 6.07) is 26.7. The van der Waals surface area contributed by atoms with Gasteiger partial charge in [-0.3, -0.25) is 38.4 Å². The van der Waals surface area contributed by atoms with Crippen LogP contribution in [0.2, 0.25) is 0 Å². The number of fused-ring (bicyclic) bond motifs is 7. The van der Waals surface area contributed by atoms with E-state index in [0.717, 1.165) is 32.1 Å². The second-order valence-corrected chi connectivity index (χ2v) is 31.1. The lowest BCUT2D eigenvalue weighted by molar-refractivity contribution is -0.144. The molecule has 4 aliphatic heterocycles. The zero-order chi connectivity index (χ0) is 89.7. The molecular weight excluding hydrogens is 1620 g/mol.